The summed E-state index contributed by atoms with van der Waals surface area (Å²) in [7, 11) is 0. The molecule has 0 saturated carbocycles. The van der Waals surface area contributed by atoms with E-state index in [4.69, 9.17) is 8.83 Å². The molecule has 0 atom stereocenters. The first-order valence-corrected chi connectivity index (χ1v) is 26.3. The van der Waals surface area contributed by atoms with Gasteiger partial charge in [-0.2, -0.15) is 0 Å². The van der Waals surface area contributed by atoms with Crippen LogP contribution in [0.1, 0.15) is 80.5 Å². The smallest absolute Gasteiger partial charge is 0.262 e. The van der Waals surface area contributed by atoms with Gasteiger partial charge in [0.1, 0.15) is 11.2 Å². The van der Waals surface area contributed by atoms with Crippen molar-refractivity contribution in [1.82, 2.24) is 0 Å². The van der Waals surface area contributed by atoms with Crippen molar-refractivity contribution in [2.75, 3.05) is 9.80 Å². The van der Waals surface area contributed by atoms with Crippen molar-refractivity contribution in [3.63, 3.8) is 0 Å². The van der Waals surface area contributed by atoms with Gasteiger partial charge in [0.05, 0.1) is 11.4 Å². The Bertz CT molecular complexity index is 3760. The molecule has 344 valence electrons. The van der Waals surface area contributed by atoms with Crippen LogP contribution in [0.4, 0.5) is 34.5 Å². The van der Waals surface area contributed by atoms with E-state index >= 15 is 0 Å². The Morgan fingerprint density at radius 2 is 0.871 bits per heavy atom. The van der Waals surface area contributed by atoms with Gasteiger partial charge in [0.25, 0.3) is 6.71 Å². The van der Waals surface area contributed by atoms with Gasteiger partial charge in [0, 0.05) is 64.4 Å². The number of aryl methyl sites for hydroxylation is 3. The van der Waals surface area contributed by atoms with Gasteiger partial charge < -0.3 is 8.83 Å². The van der Waals surface area contributed by atoms with Crippen molar-refractivity contribution in [2.45, 2.75) is 87.0 Å². The molecule has 70 heavy (non-hydrogen) atoms. The highest BCUT2D eigenvalue weighted by Crippen LogP contribution is 2.52. The maximum atomic E-state index is 7.44. The van der Waals surface area contributed by atoms with Crippen molar-refractivity contribution < 1.29 is 8.83 Å². The average Bonchev–Trinajstić information content (AvgIpc) is 4.13. The average molecular weight is 947 g/mol. The zero-order valence-electron chi connectivity index (χ0n) is 41.8. The van der Waals surface area contributed by atoms with E-state index in [9.17, 15) is 0 Å². The SMILES string of the molecule is Cc1cc2c3c(c1)N(c1c(C)ccc(-c4csc5ccccc45)c1C)c1oc4ccc(C(C)(C)C)cc4c1B3c1c(oc3ccc(C(C)(C)C)cc13)N2c1c(C)ccc(-c2csc3ccccc23)c1C. The van der Waals surface area contributed by atoms with Gasteiger partial charge in [-0.25, -0.2) is 0 Å². The Hall–Kier alpha value is -6.80. The largest absolute Gasteiger partial charge is 0.440 e. The van der Waals surface area contributed by atoms with E-state index in [0.29, 0.717) is 0 Å². The van der Waals surface area contributed by atoms with Crippen LogP contribution in [0.5, 0.6) is 0 Å². The number of benzene rings is 7. The summed E-state index contributed by atoms with van der Waals surface area (Å²) in [4.78, 5) is 4.99. The molecule has 13 rings (SSSR count). The molecule has 0 N–H and O–H groups in total. The van der Waals surface area contributed by atoms with Crippen LogP contribution in [0.25, 0.3) is 64.4 Å². The van der Waals surface area contributed by atoms with Crippen molar-refractivity contribution in [3.8, 4) is 22.3 Å². The van der Waals surface area contributed by atoms with Crippen LogP contribution in [0, 0.1) is 34.6 Å². The maximum Gasteiger partial charge on any atom is 0.262 e. The van der Waals surface area contributed by atoms with Gasteiger partial charge in [-0.1, -0.05) is 114 Å². The van der Waals surface area contributed by atoms with Crippen LogP contribution in [0.3, 0.4) is 0 Å². The molecule has 7 heteroatoms. The van der Waals surface area contributed by atoms with Gasteiger partial charge in [0.2, 0.25) is 11.8 Å². The third kappa shape index (κ3) is 6.20. The van der Waals surface area contributed by atoms with E-state index in [-0.39, 0.29) is 17.5 Å². The van der Waals surface area contributed by atoms with Crippen LogP contribution in [-0.4, -0.2) is 6.71 Å². The maximum absolute atomic E-state index is 7.44. The Labute approximate surface area is 418 Å². The molecule has 0 fully saturated rings. The van der Waals surface area contributed by atoms with Gasteiger partial charge in [0.15, 0.2) is 0 Å². The highest BCUT2D eigenvalue weighted by atomic mass is 32.1. The second-order valence-corrected chi connectivity index (χ2v) is 23.8. The lowest BCUT2D eigenvalue weighted by molar-refractivity contribution is 0.589. The zero-order chi connectivity index (χ0) is 48.3. The quantitative estimate of drug-likeness (QED) is 0.165. The predicted octanol–water partition coefficient (Wildman–Crippen LogP) is 17.2. The minimum absolute atomic E-state index is 0.0794. The van der Waals surface area contributed by atoms with Crippen molar-refractivity contribution in [1.29, 1.82) is 0 Å². The molecule has 0 aliphatic carbocycles. The van der Waals surface area contributed by atoms with Crippen LogP contribution >= 0.6 is 22.7 Å². The van der Waals surface area contributed by atoms with Crippen LogP contribution < -0.4 is 26.2 Å². The molecule has 0 unspecified atom stereocenters. The van der Waals surface area contributed by atoms with E-state index in [1.807, 2.05) is 22.7 Å². The lowest BCUT2D eigenvalue weighted by Crippen LogP contribution is -2.61. The lowest BCUT2D eigenvalue weighted by Gasteiger charge is -2.42. The minimum atomic E-state index is -0.203. The first kappa shape index (κ1) is 43.2. The molecule has 2 aliphatic rings. The summed E-state index contributed by atoms with van der Waals surface area (Å²) in [5, 5.41) is 9.52. The molecule has 0 saturated heterocycles. The second-order valence-electron chi connectivity index (χ2n) is 22.0. The fraction of sp³-hybridized carbons (Fsp3) is 0.206. The number of anilines is 6. The molecule has 0 bridgehead atoms. The molecular weight excluding hydrogens is 892 g/mol. The molecule has 6 heterocycles. The lowest BCUT2D eigenvalue weighted by atomic mass is 9.33. The topological polar surface area (TPSA) is 32.8 Å². The third-order valence-electron chi connectivity index (χ3n) is 15.4. The second kappa shape index (κ2) is 15.1. The number of fused-ring (bicyclic) bond motifs is 10. The van der Waals surface area contributed by atoms with Crippen molar-refractivity contribution in [2.24, 2.45) is 0 Å². The predicted molar refractivity (Wildman–Crippen MR) is 303 cm³/mol. The Balaban J connectivity index is 1.17. The Morgan fingerprint density at radius 3 is 1.30 bits per heavy atom. The fourth-order valence-corrected chi connectivity index (χ4v) is 13.8. The van der Waals surface area contributed by atoms with Gasteiger partial charge in [-0.3, -0.25) is 9.80 Å². The number of thiophene rings is 2. The summed E-state index contributed by atoms with van der Waals surface area (Å²) in [5.74, 6) is 1.74. The number of furan rings is 2. The number of rotatable bonds is 4. The van der Waals surface area contributed by atoms with Crippen LogP contribution in [0.2, 0.25) is 0 Å². The van der Waals surface area contributed by atoms with Gasteiger partial charge >= 0.3 is 0 Å². The fourth-order valence-electron chi connectivity index (χ4n) is 11.9. The van der Waals surface area contributed by atoms with E-state index in [1.54, 1.807) is 0 Å². The molecule has 11 aromatic rings. The van der Waals surface area contributed by atoms with Crippen molar-refractivity contribution in [3.05, 3.63) is 171 Å². The third-order valence-corrected chi connectivity index (χ3v) is 17.4. The summed E-state index contributed by atoms with van der Waals surface area (Å²) in [5.41, 5.74) is 23.3. The number of hydrogen-bond acceptors (Lipinski definition) is 6. The molecule has 2 aliphatic heterocycles. The summed E-state index contributed by atoms with van der Waals surface area (Å²) >= 11 is 3.63. The first-order valence-electron chi connectivity index (χ1n) is 24.6. The van der Waals surface area contributed by atoms with E-state index < -0.39 is 0 Å². The van der Waals surface area contributed by atoms with E-state index in [0.717, 1.165) is 62.0 Å². The molecule has 7 aromatic carbocycles. The standard InChI is InChI=1S/C63H55BN2O2S2/c1-34-28-49-57-50(29-34)66(59-36(3)21-25-42(38(59)5)48-33-70-54-19-15-13-17-44(48)54)61-56(46-31-40(63(9,10)11)23-27-52(46)68-61)64(57)55-45-30-39(62(6,7)8)22-26-51(45)67-60(55)65(49)58-35(2)20-24-41(37(58)4)47-32-69-53-18-14-12-16-43(47)53/h12-33H,1-11H3. The summed E-state index contributed by atoms with van der Waals surface area (Å²) in [6.07, 6.45) is 0. The van der Waals surface area contributed by atoms with Crippen molar-refractivity contribution >= 4 is 122 Å². The molecule has 4 nitrogen and oxygen atoms in total. The highest BCUT2D eigenvalue weighted by molar-refractivity contribution is 7.18. The monoisotopic (exact) mass is 946 g/mol. The molecule has 4 aromatic heterocycles. The normalized spacial score (nSPS) is 13.6. The summed E-state index contributed by atoms with van der Waals surface area (Å²) in [6, 6.07) is 45.5. The Morgan fingerprint density at radius 1 is 0.443 bits per heavy atom. The van der Waals surface area contributed by atoms with E-state index in [1.165, 1.54) is 92.2 Å². The summed E-state index contributed by atoms with van der Waals surface area (Å²) < 4.78 is 17.5. The van der Waals surface area contributed by atoms with Crippen LogP contribution in [0.15, 0.2) is 141 Å². The van der Waals surface area contributed by atoms with E-state index in [2.05, 4.69) is 218 Å². The number of nitrogens with zero attached hydrogens (tertiary/aromatic N) is 2. The number of hydrogen-bond donors (Lipinski definition) is 0. The molecule has 0 radical (unpaired) electrons. The minimum Gasteiger partial charge on any atom is -0.440 e. The Kier molecular flexibility index (Phi) is 9.33. The van der Waals surface area contributed by atoms with Crippen LogP contribution in [-0.2, 0) is 10.8 Å². The first-order chi connectivity index (χ1) is 33.6. The van der Waals surface area contributed by atoms with Gasteiger partial charge in [-0.15, -0.1) is 22.7 Å². The van der Waals surface area contributed by atoms with Gasteiger partial charge in [-0.05, 0) is 160 Å². The summed E-state index contributed by atoms with van der Waals surface area (Å²) in [6.45, 7) is 25.0. The molecular formula is C63H55BN2O2S2. The zero-order valence-corrected chi connectivity index (χ0v) is 43.4. The highest BCUT2D eigenvalue weighted by Gasteiger charge is 2.50. The molecule has 0 amide bonds. The molecule has 0 spiro atoms.